The van der Waals surface area contributed by atoms with E-state index in [2.05, 4.69) is 23.6 Å². The van der Waals surface area contributed by atoms with E-state index in [1.165, 1.54) is 12.1 Å². The average Bonchev–Trinajstić information content (AvgIpc) is 3.03. The van der Waals surface area contributed by atoms with E-state index in [0.29, 0.717) is 5.92 Å². The van der Waals surface area contributed by atoms with Crippen molar-refractivity contribution < 1.29 is 19.0 Å². The highest BCUT2D eigenvalue weighted by Crippen LogP contribution is 2.25. The first-order valence-corrected chi connectivity index (χ1v) is 9.42. The predicted molar refractivity (Wildman–Crippen MR) is 98.1 cm³/mol. The number of carboxylic acids is 1. The van der Waals surface area contributed by atoms with Gasteiger partial charge in [0.25, 0.3) is 0 Å². The Hall–Kier alpha value is -1.50. The standard InChI is InChI=1S/C20H29FN2O3/c1-20(2,23-7-9-26-10-8-23)14-22-6-5-16(13-22)11-15-3-4-18(21)17(12-15)19(24)25/h3-4,12,16H,5-11,13-14H2,1-2H3,(H,24,25). The summed E-state index contributed by atoms with van der Waals surface area (Å²) in [5.74, 6) is -1.38. The minimum absolute atomic E-state index is 0.116. The van der Waals surface area contributed by atoms with Gasteiger partial charge in [0, 0.05) is 31.7 Å². The monoisotopic (exact) mass is 364 g/mol. The lowest BCUT2D eigenvalue weighted by molar-refractivity contribution is -0.0198. The molecule has 0 amide bonds. The van der Waals surface area contributed by atoms with Crippen LogP contribution in [0.15, 0.2) is 18.2 Å². The molecule has 2 aliphatic heterocycles. The maximum Gasteiger partial charge on any atom is 0.338 e. The Kier molecular flexibility index (Phi) is 5.95. The van der Waals surface area contributed by atoms with E-state index in [4.69, 9.17) is 9.84 Å². The first-order chi connectivity index (χ1) is 12.3. The number of aromatic carboxylic acids is 1. The Morgan fingerprint density at radius 1 is 1.31 bits per heavy atom. The highest BCUT2D eigenvalue weighted by Gasteiger charge is 2.33. The van der Waals surface area contributed by atoms with Crippen LogP contribution in [-0.2, 0) is 11.2 Å². The fourth-order valence-corrected chi connectivity index (χ4v) is 4.24. The Labute approximate surface area is 154 Å². The van der Waals surface area contributed by atoms with Crippen molar-refractivity contribution in [1.82, 2.24) is 9.80 Å². The number of rotatable bonds is 6. The Balaban J connectivity index is 1.55. The van der Waals surface area contributed by atoms with Crippen LogP contribution in [0.5, 0.6) is 0 Å². The molecule has 3 rings (SSSR count). The maximum atomic E-state index is 13.6. The van der Waals surface area contributed by atoms with E-state index < -0.39 is 11.8 Å². The number of likely N-dealkylation sites (tertiary alicyclic amines) is 1. The molecule has 0 spiro atoms. The number of hydrogen-bond acceptors (Lipinski definition) is 4. The second-order valence-electron chi connectivity index (χ2n) is 8.13. The highest BCUT2D eigenvalue weighted by atomic mass is 19.1. The van der Waals surface area contributed by atoms with E-state index in [9.17, 15) is 9.18 Å². The summed E-state index contributed by atoms with van der Waals surface area (Å²) in [5, 5.41) is 9.08. The molecule has 1 aromatic rings. The number of carbonyl (C=O) groups is 1. The molecule has 0 bridgehead atoms. The zero-order valence-electron chi connectivity index (χ0n) is 15.7. The van der Waals surface area contributed by atoms with Gasteiger partial charge in [-0.05, 0) is 56.8 Å². The molecule has 1 atom stereocenters. The van der Waals surface area contributed by atoms with Crippen LogP contribution in [0.25, 0.3) is 0 Å². The molecule has 0 aromatic heterocycles. The van der Waals surface area contributed by atoms with Crippen molar-refractivity contribution in [1.29, 1.82) is 0 Å². The molecule has 26 heavy (non-hydrogen) atoms. The summed E-state index contributed by atoms with van der Waals surface area (Å²) in [4.78, 5) is 16.1. The quantitative estimate of drug-likeness (QED) is 0.841. The van der Waals surface area contributed by atoms with Crippen LogP contribution in [0.1, 0.15) is 36.2 Å². The van der Waals surface area contributed by atoms with Crippen LogP contribution >= 0.6 is 0 Å². The van der Waals surface area contributed by atoms with Crippen LogP contribution in [-0.4, -0.2) is 72.4 Å². The van der Waals surface area contributed by atoms with Gasteiger partial charge in [-0.25, -0.2) is 9.18 Å². The summed E-state index contributed by atoms with van der Waals surface area (Å²) in [5.41, 5.74) is 0.791. The van der Waals surface area contributed by atoms with Gasteiger partial charge in [-0.1, -0.05) is 6.07 Å². The molecule has 2 fully saturated rings. The molecule has 144 valence electrons. The van der Waals surface area contributed by atoms with Crippen LogP contribution in [0.4, 0.5) is 4.39 Å². The topological polar surface area (TPSA) is 53.0 Å². The van der Waals surface area contributed by atoms with Crippen molar-refractivity contribution in [2.75, 3.05) is 45.9 Å². The largest absolute Gasteiger partial charge is 0.478 e. The van der Waals surface area contributed by atoms with Gasteiger partial charge in [0.15, 0.2) is 0 Å². The van der Waals surface area contributed by atoms with Gasteiger partial charge in [-0.15, -0.1) is 0 Å². The average molecular weight is 364 g/mol. The predicted octanol–water partition coefficient (Wildman–Crippen LogP) is 2.50. The number of morpholine rings is 1. The summed E-state index contributed by atoms with van der Waals surface area (Å²) in [6.07, 6.45) is 1.90. The second kappa shape index (κ2) is 8.03. The third-order valence-corrected chi connectivity index (χ3v) is 5.63. The van der Waals surface area contributed by atoms with E-state index in [1.807, 2.05) is 0 Å². The Bertz CT molecular complexity index is 644. The molecule has 2 saturated heterocycles. The maximum absolute atomic E-state index is 13.6. The fraction of sp³-hybridized carbons (Fsp3) is 0.650. The van der Waals surface area contributed by atoms with Gasteiger partial charge in [-0.3, -0.25) is 4.90 Å². The minimum Gasteiger partial charge on any atom is -0.478 e. The molecule has 0 saturated carbocycles. The van der Waals surface area contributed by atoms with Crippen LogP contribution < -0.4 is 0 Å². The number of halogens is 1. The first kappa shape index (κ1) is 19.3. The smallest absolute Gasteiger partial charge is 0.338 e. The van der Waals surface area contributed by atoms with Crippen molar-refractivity contribution in [2.24, 2.45) is 5.92 Å². The minimum atomic E-state index is -1.20. The van der Waals surface area contributed by atoms with Crippen molar-refractivity contribution >= 4 is 5.97 Å². The van der Waals surface area contributed by atoms with E-state index in [0.717, 1.165) is 64.3 Å². The lowest BCUT2D eigenvalue weighted by Gasteiger charge is -2.43. The van der Waals surface area contributed by atoms with Gasteiger partial charge in [0.1, 0.15) is 5.82 Å². The normalized spacial score (nSPS) is 22.7. The third-order valence-electron chi connectivity index (χ3n) is 5.63. The van der Waals surface area contributed by atoms with Crippen molar-refractivity contribution in [2.45, 2.75) is 32.2 Å². The van der Waals surface area contributed by atoms with Crippen LogP contribution in [0.3, 0.4) is 0 Å². The van der Waals surface area contributed by atoms with E-state index in [-0.39, 0.29) is 11.1 Å². The molecule has 6 heteroatoms. The molecular weight excluding hydrogens is 335 g/mol. The molecule has 1 N–H and O–H groups in total. The van der Waals surface area contributed by atoms with Crippen molar-refractivity contribution in [3.63, 3.8) is 0 Å². The lowest BCUT2D eigenvalue weighted by Crippen LogP contribution is -2.55. The van der Waals surface area contributed by atoms with Crippen LogP contribution in [0, 0.1) is 11.7 Å². The highest BCUT2D eigenvalue weighted by molar-refractivity contribution is 5.88. The first-order valence-electron chi connectivity index (χ1n) is 9.42. The van der Waals surface area contributed by atoms with Gasteiger partial charge in [0.05, 0.1) is 18.8 Å². The summed E-state index contributed by atoms with van der Waals surface area (Å²) < 4.78 is 19.0. The van der Waals surface area contributed by atoms with Gasteiger partial charge in [-0.2, -0.15) is 0 Å². The number of benzene rings is 1. The van der Waals surface area contributed by atoms with Gasteiger partial charge >= 0.3 is 5.97 Å². The molecule has 2 aliphatic rings. The van der Waals surface area contributed by atoms with Crippen molar-refractivity contribution in [3.8, 4) is 0 Å². The van der Waals surface area contributed by atoms with Crippen LogP contribution in [0.2, 0.25) is 0 Å². The summed E-state index contributed by atoms with van der Waals surface area (Å²) in [6.45, 7) is 11.3. The number of nitrogens with zero attached hydrogens (tertiary/aromatic N) is 2. The summed E-state index contributed by atoms with van der Waals surface area (Å²) >= 11 is 0. The van der Waals surface area contributed by atoms with E-state index in [1.54, 1.807) is 6.07 Å². The second-order valence-corrected chi connectivity index (χ2v) is 8.13. The van der Waals surface area contributed by atoms with E-state index >= 15 is 0 Å². The summed E-state index contributed by atoms with van der Waals surface area (Å²) in [6, 6.07) is 4.47. The Morgan fingerprint density at radius 2 is 2.04 bits per heavy atom. The fourth-order valence-electron chi connectivity index (χ4n) is 4.24. The number of carboxylic acid groups (broad SMARTS) is 1. The zero-order valence-corrected chi connectivity index (χ0v) is 15.7. The number of ether oxygens (including phenoxy) is 1. The molecule has 0 radical (unpaired) electrons. The molecule has 5 nitrogen and oxygen atoms in total. The van der Waals surface area contributed by atoms with Gasteiger partial charge < -0.3 is 14.7 Å². The Morgan fingerprint density at radius 3 is 2.73 bits per heavy atom. The molecule has 1 unspecified atom stereocenters. The zero-order chi connectivity index (χ0) is 18.7. The molecule has 2 heterocycles. The number of hydrogen-bond donors (Lipinski definition) is 1. The molecular formula is C20H29FN2O3. The third kappa shape index (κ3) is 4.61. The summed E-state index contributed by atoms with van der Waals surface area (Å²) in [7, 11) is 0. The van der Waals surface area contributed by atoms with Crippen molar-refractivity contribution in [3.05, 3.63) is 35.1 Å². The molecule has 1 aromatic carbocycles. The SMILES string of the molecule is CC(C)(CN1CCC(Cc2ccc(F)c(C(=O)O)c2)C1)N1CCOCC1. The van der Waals surface area contributed by atoms with Gasteiger partial charge in [0.2, 0.25) is 0 Å². The lowest BCUT2D eigenvalue weighted by atomic mass is 9.97. The molecule has 0 aliphatic carbocycles.